The Bertz CT molecular complexity index is 959. The van der Waals surface area contributed by atoms with E-state index >= 15 is 0 Å². The van der Waals surface area contributed by atoms with Crippen LogP contribution in [0.4, 0.5) is 15.9 Å². The van der Waals surface area contributed by atoms with Crippen molar-refractivity contribution >= 4 is 22.5 Å². The Morgan fingerprint density at radius 2 is 1.96 bits per heavy atom. The SMILES string of the molecule is CCc1cc(CN2CCC(F)CC2)ccc1N(C)c1cc2c(cn1)ncn2C. The Morgan fingerprint density at radius 3 is 2.71 bits per heavy atom. The molecule has 0 N–H and O–H groups in total. The summed E-state index contributed by atoms with van der Waals surface area (Å²) in [6.45, 7) is 4.77. The first kappa shape index (κ1) is 18.9. The second-order valence-corrected chi connectivity index (χ2v) is 7.71. The van der Waals surface area contributed by atoms with Crippen LogP contribution in [-0.2, 0) is 20.0 Å². The summed E-state index contributed by atoms with van der Waals surface area (Å²) in [6, 6.07) is 8.74. The van der Waals surface area contributed by atoms with Crippen LogP contribution in [0.1, 0.15) is 30.9 Å². The number of piperidine rings is 1. The number of alkyl halides is 1. The van der Waals surface area contributed by atoms with E-state index in [-0.39, 0.29) is 0 Å². The highest BCUT2D eigenvalue weighted by molar-refractivity contribution is 5.79. The Morgan fingerprint density at radius 1 is 1.18 bits per heavy atom. The van der Waals surface area contributed by atoms with Gasteiger partial charge in [-0.3, -0.25) is 4.90 Å². The molecule has 3 heterocycles. The number of aryl methyl sites for hydroxylation is 2. The largest absolute Gasteiger partial charge is 0.334 e. The van der Waals surface area contributed by atoms with Crippen LogP contribution in [0.5, 0.6) is 0 Å². The number of anilines is 2. The number of benzene rings is 1. The van der Waals surface area contributed by atoms with Crippen LogP contribution in [0, 0.1) is 0 Å². The molecular weight excluding hydrogens is 353 g/mol. The van der Waals surface area contributed by atoms with Crippen molar-refractivity contribution in [3.63, 3.8) is 0 Å². The quantitative estimate of drug-likeness (QED) is 0.663. The van der Waals surface area contributed by atoms with E-state index in [1.807, 2.05) is 24.1 Å². The van der Waals surface area contributed by atoms with Crippen molar-refractivity contribution < 1.29 is 4.39 Å². The van der Waals surface area contributed by atoms with Crippen LogP contribution >= 0.6 is 0 Å². The lowest BCUT2D eigenvalue weighted by atomic mass is 10.0. The van der Waals surface area contributed by atoms with E-state index < -0.39 is 6.17 Å². The van der Waals surface area contributed by atoms with Crippen LogP contribution < -0.4 is 4.90 Å². The number of hydrogen-bond acceptors (Lipinski definition) is 4. The van der Waals surface area contributed by atoms with E-state index in [9.17, 15) is 4.39 Å². The lowest BCUT2D eigenvalue weighted by Gasteiger charge is -2.29. The fourth-order valence-electron chi connectivity index (χ4n) is 3.99. The monoisotopic (exact) mass is 381 g/mol. The highest BCUT2D eigenvalue weighted by atomic mass is 19.1. The fourth-order valence-corrected chi connectivity index (χ4v) is 3.99. The van der Waals surface area contributed by atoms with Gasteiger partial charge in [-0.25, -0.2) is 14.4 Å². The summed E-state index contributed by atoms with van der Waals surface area (Å²) in [4.78, 5) is 13.4. The lowest BCUT2D eigenvalue weighted by Crippen LogP contribution is -2.33. The molecule has 1 fully saturated rings. The Hall–Kier alpha value is -2.47. The molecule has 28 heavy (non-hydrogen) atoms. The fraction of sp³-hybridized carbons (Fsp3) is 0.455. The molecule has 1 saturated heterocycles. The van der Waals surface area contributed by atoms with Gasteiger partial charge in [0.05, 0.1) is 18.0 Å². The molecule has 0 aliphatic carbocycles. The summed E-state index contributed by atoms with van der Waals surface area (Å²) in [5, 5.41) is 0. The van der Waals surface area contributed by atoms with Crippen molar-refractivity contribution in [3.8, 4) is 0 Å². The highest BCUT2D eigenvalue weighted by Gasteiger charge is 2.19. The molecule has 3 aromatic rings. The zero-order chi connectivity index (χ0) is 19.7. The van der Waals surface area contributed by atoms with E-state index in [4.69, 9.17) is 0 Å². The van der Waals surface area contributed by atoms with Crippen molar-refractivity contribution in [1.29, 1.82) is 0 Å². The van der Waals surface area contributed by atoms with E-state index in [0.717, 1.165) is 42.9 Å². The number of likely N-dealkylation sites (tertiary alicyclic amines) is 1. The molecule has 0 bridgehead atoms. The van der Waals surface area contributed by atoms with Crippen LogP contribution in [0.2, 0.25) is 0 Å². The first-order valence-corrected chi connectivity index (χ1v) is 10.0. The molecule has 1 aliphatic rings. The molecule has 2 aromatic heterocycles. The predicted molar refractivity (Wildman–Crippen MR) is 112 cm³/mol. The Balaban J connectivity index is 1.57. The number of rotatable bonds is 5. The summed E-state index contributed by atoms with van der Waals surface area (Å²) >= 11 is 0. The minimum absolute atomic E-state index is 0.622. The standard InChI is InChI=1S/C22H28FN5/c1-4-17-11-16(14-28-9-7-18(23)8-10-28)5-6-20(17)27(3)22-12-21-19(13-24-22)25-15-26(21)2/h5-6,11-13,15,18H,4,7-10,14H2,1-3H3. The molecule has 0 radical (unpaired) electrons. The molecule has 5 nitrogen and oxygen atoms in total. The third kappa shape index (κ3) is 3.74. The zero-order valence-corrected chi connectivity index (χ0v) is 16.9. The van der Waals surface area contributed by atoms with Crippen molar-refractivity contribution in [1.82, 2.24) is 19.4 Å². The Labute approximate surface area is 165 Å². The number of aromatic nitrogens is 3. The maximum atomic E-state index is 13.4. The van der Waals surface area contributed by atoms with E-state index in [1.54, 1.807) is 0 Å². The van der Waals surface area contributed by atoms with Gasteiger partial charge in [0.15, 0.2) is 0 Å². The molecule has 6 heteroatoms. The van der Waals surface area contributed by atoms with Gasteiger partial charge in [-0.1, -0.05) is 19.1 Å². The highest BCUT2D eigenvalue weighted by Crippen LogP contribution is 2.29. The summed E-state index contributed by atoms with van der Waals surface area (Å²) in [6.07, 6.45) is 5.29. The normalized spacial score (nSPS) is 16.0. The van der Waals surface area contributed by atoms with Crippen molar-refractivity contribution in [2.75, 3.05) is 25.0 Å². The molecule has 148 valence electrons. The second kappa shape index (κ2) is 7.87. The number of fused-ring (bicyclic) bond motifs is 1. The topological polar surface area (TPSA) is 37.2 Å². The summed E-state index contributed by atoms with van der Waals surface area (Å²) in [7, 11) is 4.06. The summed E-state index contributed by atoms with van der Waals surface area (Å²) in [5.41, 5.74) is 5.74. The van der Waals surface area contributed by atoms with E-state index in [2.05, 4.69) is 58.0 Å². The predicted octanol–water partition coefficient (Wildman–Crippen LogP) is 4.23. The summed E-state index contributed by atoms with van der Waals surface area (Å²) in [5.74, 6) is 0.906. The van der Waals surface area contributed by atoms with Crippen molar-refractivity contribution in [2.24, 2.45) is 7.05 Å². The average Bonchev–Trinajstić information content (AvgIpc) is 3.09. The third-order valence-corrected chi connectivity index (χ3v) is 5.75. The molecule has 0 amide bonds. The van der Waals surface area contributed by atoms with Gasteiger partial charge >= 0.3 is 0 Å². The number of hydrogen-bond donors (Lipinski definition) is 0. The lowest BCUT2D eigenvalue weighted by molar-refractivity contribution is 0.145. The van der Waals surface area contributed by atoms with Crippen LogP contribution in [-0.4, -0.2) is 45.7 Å². The second-order valence-electron chi connectivity index (χ2n) is 7.71. The maximum absolute atomic E-state index is 13.4. The van der Waals surface area contributed by atoms with Gasteiger partial charge < -0.3 is 9.47 Å². The maximum Gasteiger partial charge on any atom is 0.134 e. The van der Waals surface area contributed by atoms with Gasteiger partial charge in [-0.05, 0) is 36.5 Å². The van der Waals surface area contributed by atoms with Gasteiger partial charge in [0.25, 0.3) is 0 Å². The molecule has 0 unspecified atom stereocenters. The molecule has 0 spiro atoms. The molecular formula is C22H28FN5. The van der Waals surface area contributed by atoms with Gasteiger partial charge in [-0.15, -0.1) is 0 Å². The van der Waals surface area contributed by atoms with Crippen LogP contribution in [0.15, 0.2) is 36.8 Å². The van der Waals surface area contributed by atoms with Gasteiger partial charge in [0, 0.05) is 45.5 Å². The zero-order valence-electron chi connectivity index (χ0n) is 16.9. The van der Waals surface area contributed by atoms with E-state index in [1.165, 1.54) is 16.8 Å². The first-order chi connectivity index (χ1) is 13.5. The van der Waals surface area contributed by atoms with Gasteiger partial charge in [0.2, 0.25) is 0 Å². The number of pyridine rings is 1. The van der Waals surface area contributed by atoms with Crippen molar-refractivity contribution in [2.45, 2.75) is 38.9 Å². The number of halogens is 1. The van der Waals surface area contributed by atoms with Crippen molar-refractivity contribution in [3.05, 3.63) is 47.9 Å². The smallest absolute Gasteiger partial charge is 0.134 e. The molecule has 4 rings (SSSR count). The minimum atomic E-state index is -0.622. The average molecular weight is 381 g/mol. The third-order valence-electron chi connectivity index (χ3n) is 5.75. The number of imidazole rings is 1. The van der Waals surface area contributed by atoms with Gasteiger partial charge in [-0.2, -0.15) is 0 Å². The van der Waals surface area contributed by atoms with Crippen LogP contribution in [0.25, 0.3) is 11.0 Å². The molecule has 0 saturated carbocycles. The number of nitrogens with zero attached hydrogens (tertiary/aromatic N) is 5. The summed E-state index contributed by atoms with van der Waals surface area (Å²) < 4.78 is 15.4. The van der Waals surface area contributed by atoms with Crippen LogP contribution in [0.3, 0.4) is 0 Å². The first-order valence-electron chi connectivity index (χ1n) is 10.0. The molecule has 0 atom stereocenters. The molecule has 1 aliphatic heterocycles. The van der Waals surface area contributed by atoms with Gasteiger partial charge in [0.1, 0.15) is 17.5 Å². The minimum Gasteiger partial charge on any atom is -0.334 e. The Kier molecular flexibility index (Phi) is 5.31. The van der Waals surface area contributed by atoms with E-state index in [0.29, 0.717) is 12.8 Å². The molecule has 1 aromatic carbocycles.